The first kappa shape index (κ1) is 27.8. The van der Waals surface area contributed by atoms with Gasteiger partial charge in [-0.15, -0.1) is 0 Å². The molecule has 0 bridgehead atoms. The van der Waals surface area contributed by atoms with Gasteiger partial charge in [0.2, 0.25) is 5.91 Å². The molecule has 2 fully saturated rings. The summed E-state index contributed by atoms with van der Waals surface area (Å²) >= 11 is 5.97. The smallest absolute Gasteiger partial charge is 0.338 e. The summed E-state index contributed by atoms with van der Waals surface area (Å²) in [7, 11) is 1.26. The van der Waals surface area contributed by atoms with Gasteiger partial charge in [0.15, 0.2) is 17.1 Å². The number of furan rings is 1. The lowest BCUT2D eigenvalue weighted by atomic mass is 9.74. The highest BCUT2D eigenvalue weighted by molar-refractivity contribution is 6.30. The van der Waals surface area contributed by atoms with Crippen LogP contribution in [0.3, 0.4) is 0 Å². The fraction of sp³-hybridized carbons (Fsp3) is 0.355. The number of nitrogens with zero attached hydrogens (tertiary/aromatic N) is 3. The number of benzene rings is 1. The van der Waals surface area contributed by atoms with E-state index in [1.54, 1.807) is 35.2 Å². The lowest BCUT2D eigenvalue weighted by Gasteiger charge is -2.30. The molecule has 216 valence electrons. The number of halogens is 1. The minimum Gasteiger partial charge on any atom is -0.465 e. The van der Waals surface area contributed by atoms with Crippen molar-refractivity contribution < 1.29 is 28.3 Å². The molecule has 1 N–H and O–H groups in total. The number of hydrogen-bond donors (Lipinski definition) is 1. The Morgan fingerprint density at radius 1 is 1.12 bits per heavy atom. The summed E-state index contributed by atoms with van der Waals surface area (Å²) in [4.78, 5) is 64.8. The molecule has 3 aromatic rings. The Bertz CT molecular complexity index is 1650. The molecule has 1 saturated heterocycles. The molecule has 6 rings (SSSR count). The van der Waals surface area contributed by atoms with Crippen LogP contribution in [0.15, 0.2) is 57.7 Å². The van der Waals surface area contributed by atoms with Crippen molar-refractivity contribution in [3.05, 3.63) is 70.2 Å². The number of ether oxygens (including phenoxy) is 1. The number of anilines is 1. The predicted molar refractivity (Wildman–Crippen MR) is 156 cm³/mol. The molecule has 4 heterocycles. The number of carbonyl (C=O) groups excluding carboxylic acids is 4. The van der Waals surface area contributed by atoms with Gasteiger partial charge in [0.1, 0.15) is 11.4 Å². The van der Waals surface area contributed by atoms with Crippen LogP contribution in [-0.4, -0.2) is 53.3 Å². The van der Waals surface area contributed by atoms with Crippen LogP contribution >= 0.6 is 11.6 Å². The van der Waals surface area contributed by atoms with Crippen molar-refractivity contribution in [3.8, 4) is 0 Å². The average Bonchev–Trinajstić information content (AvgIpc) is 3.75. The SMILES string of the molecule is COC(=O)c1cccc2oc(C(=O)Nc3ccc(Cl)cn3)c(C3(C(=O)C4CCCCC4)C=C(N4CCCC4=O)C=N3)c12. The zero-order chi connectivity index (χ0) is 29.4. The second-order valence-corrected chi connectivity index (χ2v) is 11.2. The van der Waals surface area contributed by atoms with Crippen molar-refractivity contribution in [2.24, 2.45) is 10.9 Å². The van der Waals surface area contributed by atoms with Gasteiger partial charge in [-0.05, 0) is 49.6 Å². The first-order chi connectivity index (χ1) is 20.3. The minimum absolute atomic E-state index is 0.0623. The number of amides is 2. The molecule has 2 amide bonds. The molecule has 0 radical (unpaired) electrons. The molecule has 2 aromatic heterocycles. The fourth-order valence-electron chi connectivity index (χ4n) is 6.17. The Hall–Kier alpha value is -4.31. The predicted octanol–water partition coefficient (Wildman–Crippen LogP) is 5.46. The van der Waals surface area contributed by atoms with Crippen molar-refractivity contribution in [2.45, 2.75) is 50.5 Å². The van der Waals surface area contributed by atoms with Crippen molar-refractivity contribution in [1.29, 1.82) is 0 Å². The van der Waals surface area contributed by atoms with Gasteiger partial charge in [-0.25, -0.2) is 9.78 Å². The third-order valence-corrected chi connectivity index (χ3v) is 8.39. The Balaban J connectivity index is 1.59. The number of fused-ring (bicyclic) bond motifs is 1. The van der Waals surface area contributed by atoms with Crippen molar-refractivity contribution in [2.75, 3.05) is 19.0 Å². The summed E-state index contributed by atoms with van der Waals surface area (Å²) in [6, 6.07) is 7.91. The Labute approximate surface area is 246 Å². The summed E-state index contributed by atoms with van der Waals surface area (Å²) in [6.45, 7) is 0.500. The first-order valence-electron chi connectivity index (χ1n) is 14.0. The van der Waals surface area contributed by atoms with Gasteiger partial charge >= 0.3 is 5.97 Å². The quantitative estimate of drug-likeness (QED) is 0.363. The monoisotopic (exact) mass is 588 g/mol. The standard InChI is InChI=1S/C31H29ClN4O6/c1-41-30(40)21-9-5-10-22-25(21)26(27(42-22)29(39)35-23-13-12-19(32)16-33-23)31(28(38)18-7-3-2-4-8-18)15-20(17-34-31)36-14-6-11-24(36)37/h5,9-10,12-13,15-18H,2-4,6-8,11,14H2,1H3,(H,33,35,39). The number of rotatable bonds is 7. The molecule has 42 heavy (non-hydrogen) atoms. The number of nitrogens with one attached hydrogen (secondary N) is 1. The number of hydrogen-bond acceptors (Lipinski definition) is 8. The van der Waals surface area contributed by atoms with Gasteiger partial charge in [0.25, 0.3) is 5.91 Å². The van der Waals surface area contributed by atoms with Gasteiger partial charge in [-0.3, -0.25) is 19.4 Å². The highest BCUT2D eigenvalue weighted by atomic mass is 35.5. The summed E-state index contributed by atoms with van der Waals surface area (Å²) in [5.41, 5.74) is -0.749. The summed E-state index contributed by atoms with van der Waals surface area (Å²) < 4.78 is 11.2. The van der Waals surface area contributed by atoms with Gasteiger partial charge in [0, 0.05) is 36.7 Å². The molecule has 2 aliphatic heterocycles. The van der Waals surface area contributed by atoms with Gasteiger partial charge in [-0.2, -0.15) is 0 Å². The third-order valence-electron chi connectivity index (χ3n) is 8.17. The number of ketones is 1. The van der Waals surface area contributed by atoms with Crippen LogP contribution < -0.4 is 5.32 Å². The number of likely N-dealkylation sites (tertiary alicyclic amines) is 1. The van der Waals surface area contributed by atoms with Crippen molar-refractivity contribution in [3.63, 3.8) is 0 Å². The van der Waals surface area contributed by atoms with E-state index in [1.807, 2.05) is 0 Å². The topological polar surface area (TPSA) is 131 Å². The summed E-state index contributed by atoms with van der Waals surface area (Å²) in [5, 5.41) is 3.36. The molecular formula is C31H29ClN4O6. The van der Waals surface area contributed by atoms with Gasteiger partial charge in [0.05, 0.1) is 29.0 Å². The molecule has 1 unspecified atom stereocenters. The number of methoxy groups -OCH3 is 1. The number of pyridine rings is 1. The van der Waals surface area contributed by atoms with Crippen LogP contribution in [0.5, 0.6) is 0 Å². The fourth-order valence-corrected chi connectivity index (χ4v) is 6.28. The lowest BCUT2D eigenvalue weighted by molar-refractivity contribution is -0.128. The second kappa shape index (κ2) is 11.2. The average molecular weight is 589 g/mol. The van der Waals surface area contributed by atoms with Crippen LogP contribution in [0, 0.1) is 5.92 Å². The number of carbonyl (C=O) groups is 4. The molecule has 1 aliphatic carbocycles. The van der Waals surface area contributed by atoms with Crippen LogP contribution in [0.4, 0.5) is 5.82 Å². The number of aliphatic imine (C=N–C) groups is 1. The lowest BCUT2D eigenvalue weighted by Crippen LogP contribution is -2.38. The van der Waals surface area contributed by atoms with Crippen LogP contribution in [0.2, 0.25) is 5.02 Å². The molecule has 10 nitrogen and oxygen atoms in total. The first-order valence-corrected chi connectivity index (χ1v) is 14.4. The highest BCUT2D eigenvalue weighted by Crippen LogP contribution is 2.46. The highest BCUT2D eigenvalue weighted by Gasteiger charge is 2.50. The zero-order valence-corrected chi connectivity index (χ0v) is 23.8. The van der Waals surface area contributed by atoms with Crippen LogP contribution in [0.25, 0.3) is 11.0 Å². The van der Waals surface area contributed by atoms with E-state index >= 15 is 0 Å². The molecule has 11 heteroatoms. The molecule has 0 spiro atoms. The maximum absolute atomic E-state index is 14.6. The number of allylic oxidation sites excluding steroid dienone is 1. The second-order valence-electron chi connectivity index (χ2n) is 10.7. The maximum atomic E-state index is 14.6. The summed E-state index contributed by atoms with van der Waals surface area (Å²) in [6.07, 6.45) is 9.84. The molecule has 3 aliphatic rings. The Morgan fingerprint density at radius 3 is 2.62 bits per heavy atom. The third kappa shape index (κ3) is 4.79. The van der Waals surface area contributed by atoms with E-state index in [0.29, 0.717) is 42.9 Å². The summed E-state index contributed by atoms with van der Waals surface area (Å²) in [5.74, 6) is -1.92. The van der Waals surface area contributed by atoms with Crippen LogP contribution in [-0.2, 0) is 19.9 Å². The zero-order valence-electron chi connectivity index (χ0n) is 23.0. The van der Waals surface area contributed by atoms with Gasteiger partial charge in [-0.1, -0.05) is 36.9 Å². The van der Waals surface area contributed by atoms with Gasteiger partial charge < -0.3 is 19.4 Å². The number of Topliss-reactive ketones (excluding diaryl/α,β-unsaturated/α-hetero) is 1. The van der Waals surface area contributed by atoms with E-state index in [0.717, 1.165) is 19.3 Å². The number of aromatic nitrogens is 1. The van der Waals surface area contributed by atoms with E-state index in [9.17, 15) is 19.2 Å². The number of esters is 1. The van der Waals surface area contributed by atoms with E-state index < -0.39 is 17.4 Å². The van der Waals surface area contributed by atoms with E-state index in [2.05, 4.69) is 10.3 Å². The Morgan fingerprint density at radius 2 is 1.93 bits per heavy atom. The largest absolute Gasteiger partial charge is 0.465 e. The van der Waals surface area contributed by atoms with Crippen molar-refractivity contribution in [1.82, 2.24) is 9.88 Å². The van der Waals surface area contributed by atoms with Crippen LogP contribution in [0.1, 0.15) is 71.4 Å². The van der Waals surface area contributed by atoms with E-state index in [-0.39, 0.29) is 51.3 Å². The molecular weight excluding hydrogens is 560 g/mol. The molecule has 1 atom stereocenters. The Kier molecular flexibility index (Phi) is 7.40. The minimum atomic E-state index is -1.71. The maximum Gasteiger partial charge on any atom is 0.338 e. The van der Waals surface area contributed by atoms with Crippen molar-refractivity contribution >= 4 is 58.2 Å². The molecule has 1 aromatic carbocycles. The van der Waals surface area contributed by atoms with E-state index in [1.165, 1.54) is 25.6 Å². The molecule has 1 saturated carbocycles. The van der Waals surface area contributed by atoms with E-state index in [4.69, 9.17) is 25.7 Å². The normalized spacial score (nSPS) is 20.7.